The fourth-order valence-electron chi connectivity index (χ4n) is 4.98. The van der Waals surface area contributed by atoms with Crippen LogP contribution in [0.3, 0.4) is 0 Å². The summed E-state index contributed by atoms with van der Waals surface area (Å²) in [7, 11) is 0. The largest absolute Gasteiger partial charge is 0.448 e. The summed E-state index contributed by atoms with van der Waals surface area (Å²) in [5.41, 5.74) is 3.86. The van der Waals surface area contributed by atoms with Crippen LogP contribution in [0.1, 0.15) is 47.3 Å². The minimum atomic E-state index is 0.0293. The van der Waals surface area contributed by atoms with Crippen LogP contribution >= 0.6 is 0 Å². The number of nitrogens with one attached hydrogen (secondary N) is 1. The molecule has 0 saturated heterocycles. The number of carbonyl (C=O) groups is 1. The van der Waals surface area contributed by atoms with Crippen molar-refractivity contribution in [2.75, 3.05) is 0 Å². The molecule has 2 fully saturated rings. The van der Waals surface area contributed by atoms with Gasteiger partial charge < -0.3 is 14.3 Å². The maximum Gasteiger partial charge on any atom is 0.268 e. The van der Waals surface area contributed by atoms with Crippen molar-refractivity contribution in [1.29, 1.82) is 0 Å². The van der Waals surface area contributed by atoms with Gasteiger partial charge in [0, 0.05) is 11.4 Å². The van der Waals surface area contributed by atoms with Crippen molar-refractivity contribution in [3.63, 3.8) is 0 Å². The average molecular weight is 348 g/mol. The van der Waals surface area contributed by atoms with Crippen molar-refractivity contribution in [3.05, 3.63) is 59.5 Å². The lowest BCUT2D eigenvalue weighted by Crippen LogP contribution is -2.39. The number of hydrogen-bond donors (Lipinski definition) is 1. The van der Waals surface area contributed by atoms with E-state index in [1.54, 1.807) is 6.26 Å². The lowest BCUT2D eigenvalue weighted by Gasteiger charge is -2.23. The van der Waals surface area contributed by atoms with E-state index in [0.717, 1.165) is 23.4 Å². The van der Waals surface area contributed by atoms with Crippen molar-refractivity contribution >= 4 is 17.0 Å². The number of benzene rings is 1. The van der Waals surface area contributed by atoms with E-state index >= 15 is 0 Å². The average Bonchev–Trinajstić information content (AvgIpc) is 3.37. The van der Waals surface area contributed by atoms with Crippen LogP contribution in [-0.2, 0) is 6.54 Å². The first kappa shape index (κ1) is 15.7. The lowest BCUT2D eigenvalue weighted by atomic mass is 9.95. The Morgan fingerprint density at radius 2 is 2.15 bits per heavy atom. The molecule has 134 valence electrons. The van der Waals surface area contributed by atoms with Gasteiger partial charge in [0.2, 0.25) is 5.71 Å². The maximum absolute atomic E-state index is 13.0. The van der Waals surface area contributed by atoms with Gasteiger partial charge in [-0.1, -0.05) is 36.2 Å². The predicted molar refractivity (Wildman–Crippen MR) is 101 cm³/mol. The Balaban J connectivity index is 1.45. The SMILES string of the molecule is Cc1cccc(Cn2c(C(=O)N[C@@H]3C[C@@H]4CC[C@@H]3C4)cc3ccoc32)c1. The van der Waals surface area contributed by atoms with E-state index in [4.69, 9.17) is 4.42 Å². The third-order valence-electron chi connectivity index (χ3n) is 6.21. The van der Waals surface area contributed by atoms with Crippen LogP contribution in [0, 0.1) is 18.8 Å². The van der Waals surface area contributed by atoms with Crippen LogP contribution in [0.5, 0.6) is 0 Å². The van der Waals surface area contributed by atoms with Crippen molar-refractivity contribution in [1.82, 2.24) is 9.88 Å². The van der Waals surface area contributed by atoms with Gasteiger partial charge in [0.25, 0.3) is 5.91 Å². The smallest absolute Gasteiger partial charge is 0.268 e. The molecule has 0 radical (unpaired) electrons. The molecule has 1 amide bonds. The molecule has 4 nitrogen and oxygen atoms in total. The molecule has 2 heterocycles. The van der Waals surface area contributed by atoms with E-state index < -0.39 is 0 Å². The molecular weight excluding hydrogens is 324 g/mol. The number of carbonyl (C=O) groups excluding carboxylic acids is 1. The molecule has 3 atom stereocenters. The normalized spacial score (nSPS) is 24.4. The highest BCUT2D eigenvalue weighted by atomic mass is 16.3. The second kappa shape index (κ2) is 6.04. The van der Waals surface area contributed by atoms with Gasteiger partial charge in [0.05, 0.1) is 12.8 Å². The molecule has 2 bridgehead atoms. The number of fused-ring (bicyclic) bond motifs is 3. The Labute approximate surface area is 153 Å². The summed E-state index contributed by atoms with van der Waals surface area (Å²) in [6.07, 6.45) is 6.73. The Morgan fingerprint density at radius 3 is 2.92 bits per heavy atom. The molecule has 0 spiro atoms. The summed E-state index contributed by atoms with van der Waals surface area (Å²) >= 11 is 0. The van der Waals surface area contributed by atoms with Crippen LogP contribution in [-0.4, -0.2) is 16.5 Å². The molecule has 5 rings (SSSR count). The summed E-state index contributed by atoms with van der Waals surface area (Å²) in [5.74, 6) is 1.52. The Kier molecular flexibility index (Phi) is 3.66. The van der Waals surface area contributed by atoms with Gasteiger partial charge in [0.1, 0.15) is 5.69 Å². The number of hydrogen-bond acceptors (Lipinski definition) is 2. The van der Waals surface area contributed by atoms with E-state index in [0.29, 0.717) is 24.2 Å². The second-order valence-corrected chi connectivity index (χ2v) is 8.04. The fraction of sp³-hybridized carbons (Fsp3) is 0.409. The van der Waals surface area contributed by atoms with Gasteiger partial charge in [-0.3, -0.25) is 4.79 Å². The van der Waals surface area contributed by atoms with Crippen LogP contribution in [0.2, 0.25) is 0 Å². The van der Waals surface area contributed by atoms with Gasteiger partial charge in [0.15, 0.2) is 0 Å². The van der Waals surface area contributed by atoms with Crippen LogP contribution in [0.15, 0.2) is 47.1 Å². The van der Waals surface area contributed by atoms with Gasteiger partial charge in [-0.2, -0.15) is 0 Å². The number of aromatic nitrogens is 1. The van der Waals surface area contributed by atoms with Crippen molar-refractivity contribution in [3.8, 4) is 0 Å². The summed E-state index contributed by atoms with van der Waals surface area (Å²) in [6, 6.07) is 12.6. The molecule has 0 aliphatic heterocycles. The number of aryl methyl sites for hydroxylation is 1. The topological polar surface area (TPSA) is 47.2 Å². The van der Waals surface area contributed by atoms with E-state index in [2.05, 4.69) is 36.5 Å². The number of nitrogens with zero attached hydrogens (tertiary/aromatic N) is 1. The Morgan fingerprint density at radius 1 is 1.23 bits per heavy atom. The lowest BCUT2D eigenvalue weighted by molar-refractivity contribution is 0.0914. The van der Waals surface area contributed by atoms with E-state index in [1.807, 2.05) is 16.7 Å². The number of rotatable bonds is 4. The number of amides is 1. The van der Waals surface area contributed by atoms with Crippen LogP contribution in [0.4, 0.5) is 0 Å². The summed E-state index contributed by atoms with van der Waals surface area (Å²) in [5, 5.41) is 4.30. The molecular formula is C22H24N2O2. The zero-order chi connectivity index (χ0) is 17.7. The fourth-order valence-corrected chi connectivity index (χ4v) is 4.98. The maximum atomic E-state index is 13.0. The highest BCUT2D eigenvalue weighted by molar-refractivity contribution is 5.98. The first-order valence-corrected chi connectivity index (χ1v) is 9.60. The summed E-state index contributed by atoms with van der Waals surface area (Å²) in [6.45, 7) is 2.72. The van der Waals surface area contributed by atoms with Crippen LogP contribution in [0.25, 0.3) is 11.1 Å². The molecule has 2 saturated carbocycles. The molecule has 3 aromatic rings. The zero-order valence-corrected chi connectivity index (χ0v) is 15.1. The van der Waals surface area contributed by atoms with Crippen molar-refractivity contribution in [2.24, 2.45) is 11.8 Å². The molecule has 1 N–H and O–H groups in total. The monoisotopic (exact) mass is 348 g/mol. The summed E-state index contributed by atoms with van der Waals surface area (Å²) in [4.78, 5) is 13.0. The molecule has 0 unspecified atom stereocenters. The Bertz CT molecular complexity index is 968. The molecule has 1 aromatic carbocycles. The van der Waals surface area contributed by atoms with E-state index in [9.17, 15) is 4.79 Å². The van der Waals surface area contributed by atoms with Gasteiger partial charge in [-0.05, 0) is 55.7 Å². The minimum absolute atomic E-state index is 0.0293. The molecule has 4 heteroatoms. The zero-order valence-electron chi connectivity index (χ0n) is 15.1. The second-order valence-electron chi connectivity index (χ2n) is 8.04. The quantitative estimate of drug-likeness (QED) is 0.754. The predicted octanol–water partition coefficient (Wildman–Crippen LogP) is 4.51. The number of furan rings is 1. The first-order valence-electron chi connectivity index (χ1n) is 9.60. The molecule has 2 aromatic heterocycles. The highest BCUT2D eigenvalue weighted by Crippen LogP contribution is 2.44. The van der Waals surface area contributed by atoms with Crippen LogP contribution < -0.4 is 5.32 Å². The van der Waals surface area contributed by atoms with Crippen molar-refractivity contribution < 1.29 is 9.21 Å². The van der Waals surface area contributed by atoms with Gasteiger partial charge >= 0.3 is 0 Å². The Hall–Kier alpha value is -2.49. The summed E-state index contributed by atoms with van der Waals surface area (Å²) < 4.78 is 7.69. The van der Waals surface area contributed by atoms with E-state index in [1.165, 1.54) is 30.4 Å². The highest BCUT2D eigenvalue weighted by Gasteiger charge is 2.40. The standard InChI is InChI=1S/C22H24N2O2/c1-14-3-2-4-16(9-14)13-24-20(12-18-7-8-26-22(18)24)21(25)23-19-11-15-5-6-17(19)10-15/h2-4,7-9,12,15,17,19H,5-6,10-11,13H2,1H3,(H,23,25)/t15-,17-,19-/m1/s1. The molecule has 2 aliphatic rings. The third-order valence-corrected chi connectivity index (χ3v) is 6.21. The van der Waals surface area contributed by atoms with Crippen molar-refractivity contribution in [2.45, 2.75) is 45.2 Å². The van der Waals surface area contributed by atoms with E-state index in [-0.39, 0.29) is 5.91 Å². The molecule has 26 heavy (non-hydrogen) atoms. The van der Waals surface area contributed by atoms with Gasteiger partial charge in [-0.15, -0.1) is 0 Å². The molecule has 2 aliphatic carbocycles. The van der Waals surface area contributed by atoms with Gasteiger partial charge in [-0.25, -0.2) is 0 Å². The first-order chi connectivity index (χ1) is 12.7. The minimum Gasteiger partial charge on any atom is -0.448 e. The third kappa shape index (κ3) is 2.64.